The Balaban J connectivity index is -0.0000000681. The van der Waals surface area contributed by atoms with Gasteiger partial charge in [-0.3, -0.25) is 0 Å². The van der Waals surface area contributed by atoms with E-state index in [1.165, 1.54) is 44.9 Å². The molecule has 102 valence electrons. The van der Waals surface area contributed by atoms with Crippen LogP contribution in [0.4, 0.5) is 0 Å². The molecule has 0 aromatic rings. The molecule has 0 spiro atoms. The number of rotatable bonds is 9. The van der Waals surface area contributed by atoms with E-state index in [0.29, 0.717) is 0 Å². The number of aliphatic carboxylic acids is 2. The zero-order valence-electron chi connectivity index (χ0n) is 13.9. The first-order valence-electron chi connectivity index (χ1n) is 6.22. The first kappa shape index (κ1) is 34.2. The van der Waals surface area contributed by atoms with E-state index in [1.807, 2.05) is 0 Å². The second-order valence-corrected chi connectivity index (χ2v) is 3.89. The fourth-order valence-corrected chi connectivity index (χ4v) is 1.25. The molecule has 0 aliphatic rings. The second-order valence-electron chi connectivity index (χ2n) is 3.89. The van der Waals surface area contributed by atoms with E-state index in [-0.39, 0.29) is 122 Å². The molecule has 0 saturated heterocycles. The van der Waals surface area contributed by atoms with E-state index < -0.39 is 18.4 Å². The Hall–Kier alpha value is 2.81. The summed E-state index contributed by atoms with van der Waals surface area (Å²) in [6, 6.07) is 0. The first-order chi connectivity index (χ1) is 8.04. The van der Waals surface area contributed by atoms with Crippen LogP contribution >= 0.6 is 0 Å². The Kier molecular flexibility index (Phi) is 50.9. The van der Waals surface area contributed by atoms with E-state index in [0.717, 1.165) is 0 Å². The average Bonchev–Trinajstić information content (AvgIpc) is 2.22. The van der Waals surface area contributed by atoms with Crippen LogP contribution in [-0.2, 0) is 9.59 Å². The van der Waals surface area contributed by atoms with E-state index >= 15 is 0 Å². The van der Waals surface area contributed by atoms with Gasteiger partial charge in [-0.1, -0.05) is 45.4 Å². The third-order valence-corrected chi connectivity index (χ3v) is 2.14. The molecule has 0 heterocycles. The normalized spacial score (nSPS) is 7.90. The van der Waals surface area contributed by atoms with Crippen molar-refractivity contribution >= 4 is 11.9 Å². The van der Waals surface area contributed by atoms with Gasteiger partial charge in [0.15, 0.2) is 0 Å². The summed E-state index contributed by atoms with van der Waals surface area (Å²) in [5.74, 6) is -3.25. The van der Waals surface area contributed by atoms with E-state index in [2.05, 4.69) is 20.3 Å². The summed E-state index contributed by atoms with van der Waals surface area (Å²) in [4.78, 5) is 18.6. The summed E-state index contributed by atoms with van der Waals surface area (Å²) in [6.07, 6.45) is 11.1. The molecule has 0 fully saturated rings. The van der Waals surface area contributed by atoms with Crippen LogP contribution in [0.1, 0.15) is 65.2 Å². The number of hydrogen-bond acceptors (Lipinski definition) is 4. The number of carbonyl (C=O) groups is 2. The van der Waals surface area contributed by atoms with Gasteiger partial charge in [-0.2, -0.15) is 13.3 Å². The van der Waals surface area contributed by atoms with Crippen molar-refractivity contribution in [2.45, 2.75) is 65.2 Å². The van der Waals surface area contributed by atoms with Crippen LogP contribution in [-0.4, -0.2) is 11.9 Å². The fraction of sp³-hybridized carbons (Fsp3) is 0.769. The monoisotopic (exact) mass is 328 g/mol. The molecule has 20 heavy (non-hydrogen) atoms. The topological polar surface area (TPSA) is 80.3 Å². The SMILES string of the molecule is C[CH-]CCCCCCCC.O=C([O-])CC(=O)[O-].[K+].[K+].[Li+]. The Bertz CT molecular complexity index is 185. The number of unbranched alkanes of at least 4 members (excludes halogenated alkanes) is 7. The van der Waals surface area contributed by atoms with Crippen LogP contribution in [0.25, 0.3) is 0 Å². The van der Waals surface area contributed by atoms with Crippen LogP contribution in [0.5, 0.6) is 0 Å². The molecule has 0 aromatic carbocycles. The zero-order valence-corrected chi connectivity index (χ0v) is 20.1. The molecule has 0 aromatic heterocycles. The molecule has 0 radical (unpaired) electrons. The molecular weight excluding hydrogens is 305 g/mol. The number of carboxylic acids is 2. The average molecular weight is 328 g/mol. The molecule has 0 saturated carbocycles. The van der Waals surface area contributed by atoms with Crippen LogP contribution in [0.3, 0.4) is 0 Å². The Morgan fingerprint density at radius 3 is 1.60 bits per heavy atom. The van der Waals surface area contributed by atoms with Gasteiger partial charge in [0.1, 0.15) is 0 Å². The van der Waals surface area contributed by atoms with Gasteiger partial charge < -0.3 is 26.2 Å². The predicted molar refractivity (Wildman–Crippen MR) is 62.6 cm³/mol. The minimum Gasteiger partial charge on any atom is -0.550 e. The smallest absolute Gasteiger partial charge is 0.550 e. The third kappa shape index (κ3) is 42.8. The number of carbonyl (C=O) groups excluding carboxylic acids is 2. The second kappa shape index (κ2) is 29.8. The van der Waals surface area contributed by atoms with Crippen LogP contribution in [0.2, 0.25) is 0 Å². The van der Waals surface area contributed by atoms with Gasteiger partial charge >= 0.3 is 122 Å². The third-order valence-electron chi connectivity index (χ3n) is 2.14. The molecule has 0 aliphatic carbocycles. The van der Waals surface area contributed by atoms with Gasteiger partial charge in [0, 0.05) is 18.4 Å². The Morgan fingerprint density at radius 2 is 1.30 bits per heavy atom. The zero-order chi connectivity index (χ0) is 13.5. The molecule has 0 amide bonds. The molecule has 0 bridgehead atoms. The predicted octanol–water partition coefficient (Wildman–Crippen LogP) is -8.15. The molecule has 0 N–H and O–H groups in total. The van der Waals surface area contributed by atoms with Gasteiger partial charge in [-0.15, -0.1) is 0 Å². The summed E-state index contributed by atoms with van der Waals surface area (Å²) < 4.78 is 0. The standard InChI is InChI=1S/C10H21.C3H4O4.2K.Li/c1-3-5-7-9-10-8-6-4-2;4-2(5)1-3(6)7;;;/h3H,4-10H2,1-2H3;1H2,(H,4,5)(H,6,7);;;/q-1;;3*+1/p-2. The van der Waals surface area contributed by atoms with E-state index in [1.54, 1.807) is 0 Å². The quantitative estimate of drug-likeness (QED) is 0.182. The summed E-state index contributed by atoms with van der Waals surface area (Å²) in [7, 11) is 0. The van der Waals surface area contributed by atoms with Gasteiger partial charge in [0.25, 0.3) is 0 Å². The van der Waals surface area contributed by atoms with Crippen molar-refractivity contribution in [2.75, 3.05) is 0 Å². The summed E-state index contributed by atoms with van der Waals surface area (Å²) >= 11 is 0. The van der Waals surface area contributed by atoms with Crippen LogP contribution < -0.4 is 132 Å². The van der Waals surface area contributed by atoms with Crippen molar-refractivity contribution in [1.29, 1.82) is 0 Å². The van der Waals surface area contributed by atoms with Crippen LogP contribution in [0.15, 0.2) is 0 Å². The van der Waals surface area contributed by atoms with Crippen LogP contribution in [0, 0.1) is 6.42 Å². The van der Waals surface area contributed by atoms with Crippen molar-refractivity contribution < 1.29 is 141 Å². The van der Waals surface area contributed by atoms with Crippen molar-refractivity contribution in [3.8, 4) is 0 Å². The Morgan fingerprint density at radius 1 is 0.900 bits per heavy atom. The Labute approximate surface area is 220 Å². The van der Waals surface area contributed by atoms with Crippen molar-refractivity contribution in [3.63, 3.8) is 0 Å². The first-order valence-corrected chi connectivity index (χ1v) is 6.22. The maximum absolute atomic E-state index is 9.28. The summed E-state index contributed by atoms with van der Waals surface area (Å²) in [5.41, 5.74) is 0. The maximum atomic E-state index is 9.28. The van der Waals surface area contributed by atoms with Crippen molar-refractivity contribution in [2.24, 2.45) is 0 Å². The van der Waals surface area contributed by atoms with E-state index in [4.69, 9.17) is 0 Å². The molecule has 7 heteroatoms. The van der Waals surface area contributed by atoms with Gasteiger partial charge in [0.2, 0.25) is 0 Å². The molecule has 0 rings (SSSR count). The van der Waals surface area contributed by atoms with Crippen molar-refractivity contribution in [3.05, 3.63) is 6.42 Å². The number of carboxylic acid groups (broad SMARTS) is 2. The van der Waals surface area contributed by atoms with Gasteiger partial charge in [-0.05, 0) is 0 Å². The van der Waals surface area contributed by atoms with Gasteiger partial charge in [0.05, 0.1) is 0 Å². The molecule has 4 nitrogen and oxygen atoms in total. The summed E-state index contributed by atoms with van der Waals surface area (Å²) in [5, 5.41) is 18.6. The van der Waals surface area contributed by atoms with E-state index in [9.17, 15) is 19.8 Å². The summed E-state index contributed by atoms with van der Waals surface area (Å²) in [6.45, 7) is 4.41. The maximum Gasteiger partial charge on any atom is 1.00 e. The fourth-order valence-electron chi connectivity index (χ4n) is 1.25. The minimum atomic E-state index is -1.63. The molecule has 0 unspecified atom stereocenters. The van der Waals surface area contributed by atoms with Crippen molar-refractivity contribution in [1.82, 2.24) is 0 Å². The number of hydrogen-bond donors (Lipinski definition) is 0. The van der Waals surface area contributed by atoms with Gasteiger partial charge in [-0.25, -0.2) is 0 Å². The largest absolute Gasteiger partial charge is 1.00 e. The molecule has 0 aliphatic heterocycles. The molecule has 0 atom stereocenters. The molecular formula is C13H23K2LiO4. The minimum absolute atomic E-state index is 0.